The zero-order chi connectivity index (χ0) is 19.4. The van der Waals surface area contributed by atoms with Gasteiger partial charge in [-0.3, -0.25) is 10.1 Å². The van der Waals surface area contributed by atoms with Crippen molar-refractivity contribution < 1.29 is 14.5 Å². The highest BCUT2D eigenvalue weighted by Gasteiger charge is 2.19. The molecular formula is C19H22N4O4. The smallest absolute Gasteiger partial charge is 0.343 e. The van der Waals surface area contributed by atoms with Crippen molar-refractivity contribution in [2.24, 2.45) is 0 Å². The minimum Gasteiger partial charge on any atom is -0.420 e. The molecule has 8 heteroatoms. The number of nitrogens with zero attached hydrogens (tertiary/aromatic N) is 3. The number of nitro benzene ring substituents is 1. The Morgan fingerprint density at radius 1 is 1.11 bits per heavy atom. The van der Waals surface area contributed by atoms with Crippen LogP contribution in [0.15, 0.2) is 42.5 Å². The van der Waals surface area contributed by atoms with Gasteiger partial charge in [-0.25, -0.2) is 4.79 Å². The van der Waals surface area contributed by atoms with Crippen molar-refractivity contribution in [3.8, 4) is 5.75 Å². The average Bonchev–Trinajstić information content (AvgIpc) is 2.88. The molecule has 1 fully saturated rings. The number of nitro groups is 1. The minimum atomic E-state index is -0.611. The lowest BCUT2D eigenvalue weighted by atomic mass is 10.2. The minimum absolute atomic E-state index is 0.0196. The molecule has 0 spiro atoms. The first-order valence-corrected chi connectivity index (χ1v) is 8.74. The van der Waals surface area contributed by atoms with Gasteiger partial charge < -0.3 is 20.3 Å². The summed E-state index contributed by atoms with van der Waals surface area (Å²) in [5.41, 5.74) is 6.68. The molecule has 0 aliphatic carbocycles. The van der Waals surface area contributed by atoms with Crippen LogP contribution in [0.1, 0.15) is 16.8 Å². The Kier molecular flexibility index (Phi) is 5.56. The number of carbonyl (C=O) groups excluding carboxylic acids is 1. The number of benzene rings is 2. The maximum Gasteiger partial charge on any atom is 0.343 e. The standard InChI is InChI=1S/C19H22N4O4/c1-21-10-3-11-22(13-12-21)15-8-6-14(7-9-15)19(24)27-17-5-2-4-16(18(17)20)23(25)26/h2,4-9H,3,10-13,20H2,1H3. The zero-order valence-electron chi connectivity index (χ0n) is 15.1. The summed E-state index contributed by atoms with van der Waals surface area (Å²) in [4.78, 5) is 27.3. The van der Waals surface area contributed by atoms with Gasteiger partial charge in [-0.15, -0.1) is 0 Å². The maximum absolute atomic E-state index is 12.4. The summed E-state index contributed by atoms with van der Waals surface area (Å²) in [5.74, 6) is -0.627. The van der Waals surface area contributed by atoms with Crippen LogP contribution in [0.3, 0.4) is 0 Å². The molecule has 0 aromatic heterocycles. The van der Waals surface area contributed by atoms with Crippen LogP contribution in [0.25, 0.3) is 0 Å². The monoisotopic (exact) mass is 370 g/mol. The summed E-state index contributed by atoms with van der Waals surface area (Å²) in [7, 11) is 2.11. The van der Waals surface area contributed by atoms with Crippen molar-refractivity contribution in [2.75, 3.05) is 43.9 Å². The van der Waals surface area contributed by atoms with E-state index in [-0.39, 0.29) is 17.1 Å². The van der Waals surface area contributed by atoms with Crippen LogP contribution in [0.2, 0.25) is 0 Å². The van der Waals surface area contributed by atoms with Gasteiger partial charge in [-0.1, -0.05) is 6.07 Å². The number of para-hydroxylation sites is 1. The first kappa shape index (κ1) is 18.7. The Hall–Kier alpha value is -3.13. The summed E-state index contributed by atoms with van der Waals surface area (Å²) in [6, 6.07) is 11.3. The molecule has 1 aliphatic heterocycles. The number of rotatable bonds is 4. The van der Waals surface area contributed by atoms with Crippen LogP contribution in [0, 0.1) is 10.1 Å². The normalized spacial score (nSPS) is 15.2. The molecule has 1 aliphatic rings. The number of carbonyl (C=O) groups is 1. The van der Waals surface area contributed by atoms with Crippen LogP contribution in [0.5, 0.6) is 5.75 Å². The van der Waals surface area contributed by atoms with Crippen LogP contribution in [-0.4, -0.2) is 49.0 Å². The van der Waals surface area contributed by atoms with Crippen molar-refractivity contribution >= 4 is 23.0 Å². The number of hydrogen-bond donors (Lipinski definition) is 1. The van der Waals surface area contributed by atoms with Crippen molar-refractivity contribution in [1.82, 2.24) is 4.90 Å². The predicted octanol–water partition coefficient (Wildman–Crippen LogP) is 2.54. The van der Waals surface area contributed by atoms with E-state index < -0.39 is 10.9 Å². The topological polar surface area (TPSA) is 102 Å². The third kappa shape index (κ3) is 4.35. The maximum atomic E-state index is 12.4. The number of hydrogen-bond acceptors (Lipinski definition) is 7. The molecule has 0 saturated carbocycles. The third-order valence-electron chi connectivity index (χ3n) is 4.63. The lowest BCUT2D eigenvalue weighted by molar-refractivity contribution is -0.383. The van der Waals surface area contributed by atoms with Crippen LogP contribution >= 0.6 is 0 Å². The summed E-state index contributed by atoms with van der Waals surface area (Å²) in [5, 5.41) is 10.9. The molecule has 2 N–H and O–H groups in total. The molecule has 0 atom stereocenters. The van der Waals surface area contributed by atoms with E-state index in [0.29, 0.717) is 5.56 Å². The van der Waals surface area contributed by atoms with Crippen LogP contribution < -0.4 is 15.4 Å². The fraction of sp³-hybridized carbons (Fsp3) is 0.316. The number of nitrogen functional groups attached to an aromatic ring is 1. The number of esters is 1. The van der Waals surface area contributed by atoms with E-state index in [1.165, 1.54) is 18.2 Å². The van der Waals surface area contributed by atoms with Crippen LogP contribution in [-0.2, 0) is 0 Å². The molecule has 0 amide bonds. The number of likely N-dealkylation sites (N-methyl/N-ethyl adjacent to an activating group) is 1. The van der Waals surface area contributed by atoms with Gasteiger partial charge in [0, 0.05) is 31.4 Å². The third-order valence-corrected chi connectivity index (χ3v) is 4.63. The summed E-state index contributed by atoms with van der Waals surface area (Å²) < 4.78 is 5.25. The Balaban J connectivity index is 1.71. The van der Waals surface area contributed by atoms with E-state index >= 15 is 0 Å². The zero-order valence-corrected chi connectivity index (χ0v) is 15.1. The highest BCUT2D eigenvalue weighted by molar-refractivity contribution is 5.92. The Bertz CT molecular complexity index is 838. The van der Waals surface area contributed by atoms with Gasteiger partial charge in [-0.2, -0.15) is 0 Å². The van der Waals surface area contributed by atoms with Gasteiger partial charge in [0.15, 0.2) is 11.4 Å². The quantitative estimate of drug-likeness (QED) is 0.290. The van der Waals surface area contributed by atoms with Gasteiger partial charge in [0.05, 0.1) is 10.5 Å². The van der Waals surface area contributed by atoms with E-state index in [0.717, 1.165) is 38.3 Å². The molecule has 1 saturated heterocycles. The Labute approximate surface area is 157 Å². The fourth-order valence-corrected chi connectivity index (χ4v) is 3.05. The van der Waals surface area contributed by atoms with E-state index in [1.807, 2.05) is 12.1 Å². The molecule has 27 heavy (non-hydrogen) atoms. The average molecular weight is 370 g/mol. The van der Waals surface area contributed by atoms with Gasteiger partial charge in [-0.05, 0) is 50.3 Å². The van der Waals surface area contributed by atoms with E-state index in [9.17, 15) is 14.9 Å². The van der Waals surface area contributed by atoms with Gasteiger partial charge in [0.2, 0.25) is 0 Å². The summed E-state index contributed by atoms with van der Waals surface area (Å²) in [6.45, 7) is 3.98. The number of nitrogens with two attached hydrogens (primary N) is 1. The molecular weight excluding hydrogens is 348 g/mol. The number of anilines is 2. The Morgan fingerprint density at radius 3 is 2.56 bits per heavy atom. The van der Waals surface area contributed by atoms with Crippen molar-refractivity contribution in [2.45, 2.75) is 6.42 Å². The lowest BCUT2D eigenvalue weighted by Gasteiger charge is -2.22. The Morgan fingerprint density at radius 2 is 1.85 bits per heavy atom. The van der Waals surface area contributed by atoms with Crippen molar-refractivity contribution in [3.63, 3.8) is 0 Å². The molecule has 8 nitrogen and oxygen atoms in total. The van der Waals surface area contributed by atoms with E-state index in [2.05, 4.69) is 16.8 Å². The van der Waals surface area contributed by atoms with Gasteiger partial charge in [0.1, 0.15) is 0 Å². The predicted molar refractivity (Wildman–Crippen MR) is 103 cm³/mol. The fourth-order valence-electron chi connectivity index (χ4n) is 3.05. The first-order chi connectivity index (χ1) is 13.0. The first-order valence-electron chi connectivity index (χ1n) is 8.74. The largest absolute Gasteiger partial charge is 0.420 e. The van der Waals surface area contributed by atoms with Crippen molar-refractivity contribution in [1.29, 1.82) is 0 Å². The molecule has 3 rings (SSSR count). The van der Waals surface area contributed by atoms with E-state index in [1.54, 1.807) is 12.1 Å². The van der Waals surface area contributed by atoms with Crippen LogP contribution in [0.4, 0.5) is 17.1 Å². The molecule has 2 aromatic rings. The molecule has 0 radical (unpaired) electrons. The second-order valence-electron chi connectivity index (χ2n) is 6.53. The highest BCUT2D eigenvalue weighted by Crippen LogP contribution is 2.31. The lowest BCUT2D eigenvalue weighted by Crippen LogP contribution is -2.28. The summed E-state index contributed by atoms with van der Waals surface area (Å²) >= 11 is 0. The molecule has 2 aromatic carbocycles. The molecule has 0 bridgehead atoms. The second-order valence-corrected chi connectivity index (χ2v) is 6.53. The second kappa shape index (κ2) is 8.05. The molecule has 0 unspecified atom stereocenters. The SMILES string of the molecule is CN1CCCN(c2ccc(C(=O)Oc3cccc([N+](=O)[O-])c3N)cc2)CC1. The summed E-state index contributed by atoms with van der Waals surface area (Å²) in [6.07, 6.45) is 1.09. The molecule has 142 valence electrons. The number of ether oxygens (including phenoxy) is 1. The van der Waals surface area contributed by atoms with Gasteiger partial charge in [0.25, 0.3) is 5.69 Å². The highest BCUT2D eigenvalue weighted by atomic mass is 16.6. The van der Waals surface area contributed by atoms with E-state index in [4.69, 9.17) is 10.5 Å². The molecule has 1 heterocycles. The van der Waals surface area contributed by atoms with Gasteiger partial charge >= 0.3 is 5.97 Å². The van der Waals surface area contributed by atoms with Crippen molar-refractivity contribution in [3.05, 3.63) is 58.1 Å².